The maximum Gasteiger partial charge on any atom is 0.252 e. The normalized spacial score (nSPS) is 25.7. The van der Waals surface area contributed by atoms with Crippen LogP contribution in [0, 0.1) is 6.92 Å². The molecule has 4 amide bonds. The average molecular weight is 894 g/mol. The number of nitrogens with one attached hydrogen (secondary N) is 4. The topological polar surface area (TPSA) is 265 Å². The molecule has 2 heterocycles. The third-order valence-corrected chi connectivity index (χ3v) is 10.7. The average Bonchev–Trinajstić information content (AvgIpc) is 3.29. The lowest BCUT2D eigenvalue weighted by molar-refractivity contribution is -0.325. The Morgan fingerprint density at radius 1 is 0.719 bits per heavy atom. The van der Waals surface area contributed by atoms with E-state index in [0.717, 1.165) is 22.4 Å². The molecular formula is C45H59N5O14. The van der Waals surface area contributed by atoms with Gasteiger partial charge in [-0.3, -0.25) is 24.2 Å². The first-order valence-electron chi connectivity index (χ1n) is 21.0. The molecule has 64 heavy (non-hydrogen) atoms. The smallest absolute Gasteiger partial charge is 0.252 e. The van der Waals surface area contributed by atoms with Gasteiger partial charge in [-0.2, -0.15) is 0 Å². The summed E-state index contributed by atoms with van der Waals surface area (Å²) in [7, 11) is 2.80. The summed E-state index contributed by atoms with van der Waals surface area (Å²) in [5.74, 6) is 0.0667. The Hall–Kier alpha value is -5.51. The molecule has 2 aliphatic rings. The summed E-state index contributed by atoms with van der Waals surface area (Å²) in [6.07, 6.45) is -12.8. The van der Waals surface area contributed by atoms with Crippen LogP contribution in [0.5, 0.6) is 17.2 Å². The van der Waals surface area contributed by atoms with Crippen molar-refractivity contribution in [1.82, 2.24) is 21.3 Å². The quantitative estimate of drug-likeness (QED) is 0.0559. The monoisotopic (exact) mass is 893 g/mol. The number of aliphatic hydroxyl groups is 4. The van der Waals surface area contributed by atoms with Crippen LogP contribution in [0.15, 0.2) is 77.8 Å². The zero-order chi connectivity index (χ0) is 46.3. The number of aliphatic imine (C=N–C) groups is 1. The highest BCUT2D eigenvalue weighted by atomic mass is 16.7. The largest absolute Gasteiger partial charge is 0.497 e. The third-order valence-electron chi connectivity index (χ3n) is 10.7. The molecule has 0 saturated carbocycles. The minimum absolute atomic E-state index is 0.0172. The van der Waals surface area contributed by atoms with E-state index in [0.29, 0.717) is 17.2 Å². The summed E-state index contributed by atoms with van der Waals surface area (Å²) >= 11 is 0. The summed E-state index contributed by atoms with van der Waals surface area (Å²) < 4.78 is 33.9. The molecule has 3 aromatic carbocycles. The van der Waals surface area contributed by atoms with Crippen LogP contribution in [0.2, 0.25) is 0 Å². The minimum atomic E-state index is -1.75. The Labute approximate surface area is 371 Å². The molecule has 19 nitrogen and oxygen atoms in total. The molecule has 2 saturated heterocycles. The van der Waals surface area contributed by atoms with E-state index in [1.807, 2.05) is 79.7 Å². The van der Waals surface area contributed by atoms with Gasteiger partial charge in [-0.1, -0.05) is 17.7 Å². The number of hydrogen-bond donors (Lipinski definition) is 8. The lowest BCUT2D eigenvalue weighted by Crippen LogP contribution is -2.68. The van der Waals surface area contributed by atoms with Crippen LogP contribution in [0.1, 0.15) is 43.4 Å². The van der Waals surface area contributed by atoms with Crippen molar-refractivity contribution in [3.8, 4) is 17.2 Å². The molecule has 2 aliphatic heterocycles. The molecule has 0 aromatic heterocycles. The Morgan fingerprint density at radius 3 is 1.84 bits per heavy atom. The van der Waals surface area contributed by atoms with Crippen molar-refractivity contribution >= 4 is 29.3 Å². The molecular weight excluding hydrogens is 835 g/mol. The zero-order valence-corrected chi connectivity index (χ0v) is 36.5. The first-order chi connectivity index (χ1) is 30.7. The number of nitrogens with zero attached hydrogens (tertiary/aromatic N) is 1. The molecule has 10 atom stereocenters. The molecule has 348 valence electrons. The van der Waals surface area contributed by atoms with Crippen molar-refractivity contribution in [2.45, 2.75) is 94.8 Å². The fraction of sp³-hybridized carbons (Fsp3) is 0.489. The van der Waals surface area contributed by atoms with Gasteiger partial charge in [0.2, 0.25) is 17.7 Å². The number of carbonyl (C=O) groups excluding carboxylic acids is 4. The zero-order valence-electron chi connectivity index (χ0n) is 36.5. The van der Waals surface area contributed by atoms with Gasteiger partial charge in [0.05, 0.1) is 38.1 Å². The summed E-state index contributed by atoms with van der Waals surface area (Å²) in [6, 6.07) is 21.9. The van der Waals surface area contributed by atoms with Crippen LogP contribution < -0.4 is 30.7 Å². The first-order valence-corrected chi connectivity index (χ1v) is 21.0. The molecule has 0 radical (unpaired) electrons. The molecule has 5 rings (SSSR count). The predicted octanol–water partition coefficient (Wildman–Crippen LogP) is 0.254. The van der Waals surface area contributed by atoms with Crippen LogP contribution >= 0.6 is 0 Å². The second kappa shape index (κ2) is 24.0. The fourth-order valence-electron chi connectivity index (χ4n) is 7.24. The van der Waals surface area contributed by atoms with Crippen LogP contribution in [0.3, 0.4) is 0 Å². The number of aliphatic hydroxyl groups excluding tert-OH is 4. The lowest BCUT2D eigenvalue weighted by Gasteiger charge is -2.47. The summed E-state index contributed by atoms with van der Waals surface area (Å²) in [6.45, 7) is 4.65. The molecule has 19 heteroatoms. The molecule has 8 N–H and O–H groups in total. The highest BCUT2D eigenvalue weighted by Crippen LogP contribution is 2.30. The number of amides is 4. The molecule has 2 fully saturated rings. The van der Waals surface area contributed by atoms with Crippen molar-refractivity contribution < 1.29 is 68.0 Å². The van der Waals surface area contributed by atoms with Gasteiger partial charge >= 0.3 is 0 Å². The van der Waals surface area contributed by atoms with Gasteiger partial charge < -0.3 is 70.1 Å². The van der Waals surface area contributed by atoms with Crippen LogP contribution in [0.4, 0.5) is 0 Å². The SMILES string of the molecule is COc1ccc(C(=NCCNC(=O)CCC(=O)NCCNC(=O)[C@@H]2O[C@@H](OC3C(NC(C)=O)[C@H](C)O[C@@H](CO)[C@H]3O)C(O)C(O)[C@@H]2OC)c2ccc(Oc3ccc(C)cc3)cc2)cc1. The van der Waals surface area contributed by atoms with Crippen LogP contribution in [0.25, 0.3) is 0 Å². The van der Waals surface area contributed by atoms with Crippen LogP contribution in [-0.4, -0.2) is 158 Å². The second-order valence-corrected chi connectivity index (χ2v) is 15.4. The maximum atomic E-state index is 13.3. The highest BCUT2D eigenvalue weighted by molar-refractivity contribution is 6.13. The van der Waals surface area contributed by atoms with Gasteiger partial charge in [-0.25, -0.2) is 0 Å². The number of aryl methyl sites for hydroxylation is 1. The van der Waals surface area contributed by atoms with Crippen molar-refractivity contribution in [2.24, 2.45) is 4.99 Å². The van der Waals surface area contributed by atoms with Crippen molar-refractivity contribution in [1.29, 1.82) is 0 Å². The summed E-state index contributed by atoms with van der Waals surface area (Å²) in [5.41, 5.74) is 3.53. The van der Waals surface area contributed by atoms with E-state index in [2.05, 4.69) is 21.3 Å². The lowest BCUT2D eigenvalue weighted by atomic mass is 9.92. The van der Waals surface area contributed by atoms with Crippen molar-refractivity contribution in [2.75, 3.05) is 47.0 Å². The Bertz CT molecular complexity index is 2020. The van der Waals surface area contributed by atoms with Gasteiger partial charge in [-0.15, -0.1) is 0 Å². The van der Waals surface area contributed by atoms with E-state index in [9.17, 15) is 39.6 Å². The number of hydrogen-bond acceptors (Lipinski definition) is 15. The Morgan fingerprint density at radius 2 is 1.28 bits per heavy atom. The maximum absolute atomic E-state index is 13.3. The van der Waals surface area contributed by atoms with Gasteiger partial charge in [-0.05, 0) is 74.5 Å². The van der Waals surface area contributed by atoms with Crippen molar-refractivity contribution in [3.63, 3.8) is 0 Å². The van der Waals surface area contributed by atoms with E-state index < -0.39 is 85.5 Å². The number of rotatable bonds is 20. The van der Waals surface area contributed by atoms with E-state index in [-0.39, 0.29) is 44.9 Å². The Balaban J connectivity index is 1.07. The molecule has 3 aromatic rings. The van der Waals surface area contributed by atoms with E-state index >= 15 is 0 Å². The van der Waals surface area contributed by atoms with Crippen molar-refractivity contribution in [3.05, 3.63) is 89.5 Å². The third kappa shape index (κ3) is 13.5. The standard InChI is InChI=1S/C45H59N5O14/c1-25-6-12-31(13-7-25)62-32-16-10-29(11-17-32)37(28-8-14-30(59-4)15-9-28)48-22-20-46-34(53)18-19-35(54)47-21-23-49-44(58)43-42(60-5)39(56)40(57)45(64-43)63-41-36(50-27(3)52)26(2)61-33(24-51)38(41)55/h6-17,26,33,36,38-43,45,51,55-57H,18-24H2,1-5H3,(H,46,53)(H,47,54)(H,49,58)(H,50,52)/t26-,33-,36?,38+,39?,40?,41?,42-,43+,45+/m0/s1. The first kappa shape index (κ1) is 49.5. The molecule has 0 aliphatic carbocycles. The number of benzene rings is 3. The van der Waals surface area contributed by atoms with Crippen LogP contribution in [-0.2, 0) is 38.1 Å². The van der Waals surface area contributed by atoms with Gasteiger partial charge in [0.25, 0.3) is 5.91 Å². The molecule has 0 spiro atoms. The number of methoxy groups -OCH3 is 2. The van der Waals surface area contributed by atoms with E-state index in [1.165, 1.54) is 14.0 Å². The van der Waals surface area contributed by atoms with E-state index in [1.54, 1.807) is 14.0 Å². The number of carbonyl (C=O) groups is 4. The van der Waals surface area contributed by atoms with Gasteiger partial charge in [0.1, 0.15) is 53.9 Å². The Kier molecular flexibility index (Phi) is 18.5. The van der Waals surface area contributed by atoms with E-state index in [4.69, 9.17) is 33.4 Å². The fourth-order valence-corrected chi connectivity index (χ4v) is 7.24. The second-order valence-electron chi connectivity index (χ2n) is 15.4. The number of ether oxygens (including phenoxy) is 6. The van der Waals surface area contributed by atoms with Gasteiger partial charge in [0.15, 0.2) is 12.4 Å². The minimum Gasteiger partial charge on any atom is -0.497 e. The highest BCUT2D eigenvalue weighted by Gasteiger charge is 2.52. The molecule has 0 bridgehead atoms. The summed E-state index contributed by atoms with van der Waals surface area (Å²) in [4.78, 5) is 55.2. The molecule has 4 unspecified atom stereocenters. The van der Waals surface area contributed by atoms with Gasteiger partial charge in [0, 0.05) is 57.6 Å². The summed E-state index contributed by atoms with van der Waals surface area (Å²) in [5, 5.41) is 53.0. The predicted molar refractivity (Wildman–Crippen MR) is 231 cm³/mol.